The Labute approximate surface area is 205 Å². The van der Waals surface area contributed by atoms with E-state index in [0.29, 0.717) is 6.07 Å². The topological polar surface area (TPSA) is 124 Å². The molecule has 3 amide bonds. The lowest BCUT2D eigenvalue weighted by molar-refractivity contribution is -0.127. The van der Waals surface area contributed by atoms with Crippen molar-refractivity contribution in [2.45, 2.75) is 13.5 Å². The summed E-state index contributed by atoms with van der Waals surface area (Å²) in [5.41, 5.74) is -1.92. The molecule has 0 aliphatic carbocycles. The number of hydrogen-bond acceptors (Lipinski definition) is 7. The van der Waals surface area contributed by atoms with Gasteiger partial charge in [-0.2, -0.15) is 0 Å². The van der Waals surface area contributed by atoms with Crippen LogP contribution < -0.4 is 15.8 Å². The van der Waals surface area contributed by atoms with E-state index in [9.17, 15) is 33.1 Å². The zero-order valence-electron chi connectivity index (χ0n) is 20.1. The molecule has 11 nitrogen and oxygen atoms in total. The first-order chi connectivity index (χ1) is 17.0. The van der Waals surface area contributed by atoms with Crippen LogP contribution in [0.4, 0.5) is 8.78 Å². The molecule has 1 aliphatic rings. The smallest absolute Gasteiger partial charge is 0.277 e. The standard InChI is InChI=1S/C23H27F2N5O6/c1-14(31)27(2)6-7-29-13-28(8-9-36-3)23(35)19-21(33)20(32)17(12-30(19)29)22(34)26-11-15-4-5-16(24)10-18(15)25/h4-5,10,12,33H,6-9,11,13H2,1-3H3,(H,26,34). The first-order valence-corrected chi connectivity index (χ1v) is 11.0. The van der Waals surface area contributed by atoms with Crippen molar-refractivity contribution in [2.24, 2.45) is 0 Å². The summed E-state index contributed by atoms with van der Waals surface area (Å²) in [7, 11) is 3.06. The second kappa shape index (κ2) is 11.2. The van der Waals surface area contributed by atoms with E-state index in [4.69, 9.17) is 4.74 Å². The van der Waals surface area contributed by atoms with Gasteiger partial charge in [0, 0.05) is 58.5 Å². The molecule has 0 bridgehead atoms. The van der Waals surface area contributed by atoms with Crippen molar-refractivity contribution in [3.8, 4) is 5.75 Å². The predicted octanol–water partition coefficient (Wildman–Crippen LogP) is 0.238. The lowest BCUT2D eigenvalue weighted by atomic mass is 10.1. The van der Waals surface area contributed by atoms with Crippen molar-refractivity contribution in [2.75, 3.05) is 52.1 Å². The predicted molar refractivity (Wildman–Crippen MR) is 124 cm³/mol. The summed E-state index contributed by atoms with van der Waals surface area (Å²) in [5.74, 6) is -4.33. The molecule has 0 spiro atoms. The van der Waals surface area contributed by atoms with Crippen LogP contribution in [0.3, 0.4) is 0 Å². The van der Waals surface area contributed by atoms with Gasteiger partial charge in [0.2, 0.25) is 11.3 Å². The van der Waals surface area contributed by atoms with Crippen molar-refractivity contribution in [1.82, 2.24) is 19.8 Å². The van der Waals surface area contributed by atoms with Crippen molar-refractivity contribution in [3.05, 3.63) is 63.1 Å². The number of hydrogen-bond donors (Lipinski definition) is 2. The number of aromatic hydroxyl groups is 1. The van der Waals surface area contributed by atoms with Gasteiger partial charge >= 0.3 is 0 Å². The molecular weight excluding hydrogens is 480 g/mol. The van der Waals surface area contributed by atoms with E-state index < -0.39 is 40.2 Å². The molecule has 0 fully saturated rings. The zero-order chi connectivity index (χ0) is 26.6. The van der Waals surface area contributed by atoms with Gasteiger partial charge < -0.3 is 25.0 Å². The molecule has 1 aromatic carbocycles. The molecule has 36 heavy (non-hydrogen) atoms. The quantitative estimate of drug-likeness (QED) is 0.498. The molecule has 1 aliphatic heterocycles. The van der Waals surface area contributed by atoms with E-state index in [-0.39, 0.29) is 56.6 Å². The number of methoxy groups -OCH3 is 1. The second-order valence-electron chi connectivity index (χ2n) is 8.21. The normalized spacial score (nSPS) is 13.0. The third-order valence-corrected chi connectivity index (χ3v) is 5.79. The van der Waals surface area contributed by atoms with E-state index in [1.807, 2.05) is 0 Å². The van der Waals surface area contributed by atoms with Crippen molar-refractivity contribution < 1.29 is 33.0 Å². The van der Waals surface area contributed by atoms with Gasteiger partial charge in [-0.3, -0.25) is 28.9 Å². The highest BCUT2D eigenvalue weighted by molar-refractivity contribution is 5.99. The summed E-state index contributed by atoms with van der Waals surface area (Å²) in [6, 6.07) is 2.85. The number of likely N-dealkylation sites (N-methyl/N-ethyl adjacent to an activating group) is 1. The Bertz CT molecular complexity index is 1230. The average Bonchev–Trinajstić information content (AvgIpc) is 2.83. The number of amides is 3. The molecule has 0 radical (unpaired) electrons. The van der Waals surface area contributed by atoms with E-state index >= 15 is 0 Å². The Morgan fingerprint density at radius 3 is 2.58 bits per heavy atom. The minimum Gasteiger partial charge on any atom is -0.502 e. The SMILES string of the molecule is COCCN1CN(CCN(C)C(C)=O)n2cc(C(=O)NCc3ccc(F)cc3F)c(=O)c(O)c2C1=O. The Kier molecular flexibility index (Phi) is 8.25. The van der Waals surface area contributed by atoms with Crippen LogP contribution in [-0.2, 0) is 16.1 Å². The van der Waals surface area contributed by atoms with Gasteiger partial charge in [-0.05, 0) is 6.07 Å². The van der Waals surface area contributed by atoms with E-state index in [2.05, 4.69) is 5.32 Å². The van der Waals surface area contributed by atoms with Gasteiger partial charge in [-0.15, -0.1) is 0 Å². The van der Waals surface area contributed by atoms with Crippen LogP contribution in [0.2, 0.25) is 0 Å². The Morgan fingerprint density at radius 2 is 1.94 bits per heavy atom. The van der Waals surface area contributed by atoms with Gasteiger partial charge in [-0.25, -0.2) is 8.78 Å². The van der Waals surface area contributed by atoms with Crippen LogP contribution in [-0.4, -0.2) is 84.4 Å². The fourth-order valence-corrected chi connectivity index (χ4v) is 3.56. The number of aromatic nitrogens is 1. The molecular formula is C23H27F2N5O6. The van der Waals surface area contributed by atoms with Gasteiger partial charge in [-0.1, -0.05) is 6.07 Å². The second-order valence-corrected chi connectivity index (χ2v) is 8.21. The van der Waals surface area contributed by atoms with Crippen LogP contribution in [0, 0.1) is 11.6 Å². The number of pyridine rings is 1. The van der Waals surface area contributed by atoms with Crippen LogP contribution in [0.15, 0.2) is 29.2 Å². The lowest BCUT2D eigenvalue weighted by Gasteiger charge is -2.40. The minimum absolute atomic E-state index is 0.00936. The summed E-state index contributed by atoms with van der Waals surface area (Å²) in [5, 5.41) is 14.6. The zero-order valence-corrected chi connectivity index (χ0v) is 20.1. The number of nitrogens with zero attached hydrogens (tertiary/aromatic N) is 4. The Hall–Kier alpha value is -4.00. The number of fused-ring (bicyclic) bond motifs is 1. The van der Waals surface area contributed by atoms with Crippen molar-refractivity contribution >= 4 is 17.7 Å². The lowest BCUT2D eigenvalue weighted by Crippen LogP contribution is -2.56. The summed E-state index contributed by atoms with van der Waals surface area (Å²) in [6.45, 7) is 1.91. The number of nitrogens with one attached hydrogen (secondary N) is 1. The molecule has 0 saturated carbocycles. The van der Waals surface area contributed by atoms with Crippen LogP contribution in [0.5, 0.6) is 5.75 Å². The molecule has 2 heterocycles. The fraction of sp³-hybridized carbons (Fsp3) is 0.391. The average molecular weight is 507 g/mol. The summed E-state index contributed by atoms with van der Waals surface area (Å²) in [4.78, 5) is 53.1. The molecule has 0 atom stereocenters. The number of carbonyl (C=O) groups is 3. The maximum atomic E-state index is 13.9. The molecule has 0 unspecified atom stereocenters. The molecule has 2 aromatic rings. The molecule has 1 aromatic heterocycles. The van der Waals surface area contributed by atoms with Crippen molar-refractivity contribution in [1.29, 1.82) is 0 Å². The number of benzene rings is 1. The van der Waals surface area contributed by atoms with Crippen LogP contribution in [0.1, 0.15) is 33.3 Å². The van der Waals surface area contributed by atoms with E-state index in [0.717, 1.165) is 18.3 Å². The molecule has 0 saturated heterocycles. The maximum Gasteiger partial charge on any atom is 0.277 e. The van der Waals surface area contributed by atoms with Crippen molar-refractivity contribution in [3.63, 3.8) is 0 Å². The first-order valence-electron chi connectivity index (χ1n) is 11.0. The number of rotatable bonds is 9. The molecule has 194 valence electrons. The monoisotopic (exact) mass is 507 g/mol. The van der Waals surface area contributed by atoms with Crippen LogP contribution >= 0.6 is 0 Å². The number of carbonyl (C=O) groups excluding carboxylic acids is 3. The Morgan fingerprint density at radius 1 is 1.22 bits per heavy atom. The molecule has 2 N–H and O–H groups in total. The number of ether oxygens (including phenoxy) is 1. The fourth-order valence-electron chi connectivity index (χ4n) is 3.56. The van der Waals surface area contributed by atoms with Gasteiger partial charge in [0.25, 0.3) is 11.8 Å². The summed E-state index contributed by atoms with van der Waals surface area (Å²) >= 11 is 0. The summed E-state index contributed by atoms with van der Waals surface area (Å²) in [6.07, 6.45) is 1.12. The number of halogens is 2. The summed E-state index contributed by atoms with van der Waals surface area (Å²) < 4.78 is 33.3. The highest BCUT2D eigenvalue weighted by Crippen LogP contribution is 2.21. The van der Waals surface area contributed by atoms with Gasteiger partial charge in [0.05, 0.1) is 13.2 Å². The Balaban J connectivity index is 1.95. The van der Waals surface area contributed by atoms with E-state index in [1.165, 1.54) is 28.5 Å². The maximum absolute atomic E-state index is 13.9. The third kappa shape index (κ3) is 5.62. The largest absolute Gasteiger partial charge is 0.502 e. The molecule has 13 heteroatoms. The highest BCUT2D eigenvalue weighted by Gasteiger charge is 2.34. The van der Waals surface area contributed by atoms with Gasteiger partial charge in [0.1, 0.15) is 23.9 Å². The minimum atomic E-state index is -1.08. The first kappa shape index (κ1) is 26.6. The molecule has 3 rings (SSSR count). The van der Waals surface area contributed by atoms with Crippen LogP contribution in [0.25, 0.3) is 0 Å². The van der Waals surface area contributed by atoms with Gasteiger partial charge in [0.15, 0.2) is 11.4 Å². The highest BCUT2D eigenvalue weighted by atomic mass is 19.1. The van der Waals surface area contributed by atoms with E-state index in [1.54, 1.807) is 12.1 Å². The third-order valence-electron chi connectivity index (χ3n) is 5.79.